The summed E-state index contributed by atoms with van der Waals surface area (Å²) in [4.78, 5) is 25.2. The van der Waals surface area contributed by atoms with E-state index in [1.165, 1.54) is 12.7 Å². The number of esters is 1. The summed E-state index contributed by atoms with van der Waals surface area (Å²) in [6, 6.07) is 16.0. The number of hydrogen-bond acceptors (Lipinski definition) is 6. The maximum Gasteiger partial charge on any atom is 0.323 e. The number of halogens is 1. The van der Waals surface area contributed by atoms with Crippen LogP contribution in [-0.4, -0.2) is 52.6 Å². The number of sulfonamides is 1. The van der Waals surface area contributed by atoms with Gasteiger partial charge in [-0.3, -0.25) is 9.59 Å². The lowest BCUT2D eigenvalue weighted by atomic mass is 9.82. The molecule has 214 valence electrons. The van der Waals surface area contributed by atoms with Crippen LogP contribution < -0.4 is 15.4 Å². The second-order valence-corrected chi connectivity index (χ2v) is 12.3. The van der Waals surface area contributed by atoms with Crippen LogP contribution in [0, 0.1) is 5.92 Å². The largest absolute Gasteiger partial charge is 0.468 e. The van der Waals surface area contributed by atoms with Gasteiger partial charge in [0.1, 0.15) is 6.04 Å². The van der Waals surface area contributed by atoms with Crippen molar-refractivity contribution in [2.75, 3.05) is 20.2 Å². The number of methoxy groups -OCH3 is 1. The molecule has 1 amide bonds. The summed E-state index contributed by atoms with van der Waals surface area (Å²) in [5.74, 6) is -0.119. The normalized spacial score (nSPS) is 20.8. The molecule has 1 saturated heterocycles. The SMILES string of the molecule is COC(=O)C(CC1CCC(NC(=O)c2ccc(C3CCNCC3)cc2)CC1)NS(=O)(=O)Cc1ccccc1.Cl. The topological polar surface area (TPSA) is 114 Å². The molecule has 0 radical (unpaired) electrons. The van der Waals surface area contributed by atoms with Crippen molar-refractivity contribution < 1.29 is 22.7 Å². The highest BCUT2D eigenvalue weighted by atomic mass is 35.5. The van der Waals surface area contributed by atoms with Crippen LogP contribution in [0.3, 0.4) is 0 Å². The molecule has 1 atom stereocenters. The number of ether oxygens (including phenoxy) is 1. The summed E-state index contributed by atoms with van der Waals surface area (Å²) in [7, 11) is -2.45. The lowest BCUT2D eigenvalue weighted by Crippen LogP contribution is -2.44. The van der Waals surface area contributed by atoms with E-state index in [2.05, 4.69) is 27.5 Å². The van der Waals surface area contributed by atoms with Crippen molar-refractivity contribution in [2.45, 2.75) is 68.7 Å². The van der Waals surface area contributed by atoms with Gasteiger partial charge in [0.15, 0.2) is 0 Å². The van der Waals surface area contributed by atoms with E-state index in [0.29, 0.717) is 23.5 Å². The highest BCUT2D eigenvalue weighted by molar-refractivity contribution is 7.88. The summed E-state index contributed by atoms with van der Waals surface area (Å²) in [5, 5.41) is 6.54. The van der Waals surface area contributed by atoms with Crippen molar-refractivity contribution >= 4 is 34.3 Å². The van der Waals surface area contributed by atoms with Crippen molar-refractivity contribution in [1.82, 2.24) is 15.4 Å². The molecule has 2 aliphatic rings. The predicted molar refractivity (Wildman–Crippen MR) is 154 cm³/mol. The summed E-state index contributed by atoms with van der Waals surface area (Å²) < 4.78 is 32.9. The standard InChI is InChI=1S/C29H39N3O5S.ClH/c1-37-29(34)27(32-38(35,36)20-22-5-3-2-4-6-22)19-21-7-13-26(14-8-21)31-28(33)25-11-9-23(10-12-25)24-15-17-30-18-16-24;/h2-6,9-12,21,24,26-27,30,32H,7-8,13-20H2,1H3,(H,31,33);1H. The second-order valence-electron chi connectivity index (χ2n) is 10.5. The van der Waals surface area contributed by atoms with Crippen LogP contribution in [0.25, 0.3) is 0 Å². The molecule has 8 nitrogen and oxygen atoms in total. The molecule has 39 heavy (non-hydrogen) atoms. The first-order chi connectivity index (χ1) is 18.3. The first-order valence-corrected chi connectivity index (χ1v) is 15.2. The van der Waals surface area contributed by atoms with Crippen LogP contribution in [0.15, 0.2) is 54.6 Å². The van der Waals surface area contributed by atoms with Gasteiger partial charge in [-0.1, -0.05) is 42.5 Å². The number of carbonyl (C=O) groups excluding carboxylic acids is 2. The smallest absolute Gasteiger partial charge is 0.323 e. The number of nitrogens with one attached hydrogen (secondary N) is 3. The zero-order valence-corrected chi connectivity index (χ0v) is 24.1. The van der Waals surface area contributed by atoms with E-state index < -0.39 is 22.0 Å². The number of rotatable bonds is 10. The van der Waals surface area contributed by atoms with Gasteiger partial charge in [-0.05, 0) is 93.1 Å². The summed E-state index contributed by atoms with van der Waals surface area (Å²) in [6.07, 6.45) is 5.79. The maximum absolute atomic E-state index is 12.8. The van der Waals surface area contributed by atoms with Gasteiger partial charge in [0.2, 0.25) is 10.0 Å². The van der Waals surface area contributed by atoms with E-state index in [-0.39, 0.29) is 36.0 Å². The van der Waals surface area contributed by atoms with E-state index in [9.17, 15) is 18.0 Å². The minimum absolute atomic E-state index is 0. The van der Waals surface area contributed by atoms with Crippen molar-refractivity contribution in [3.8, 4) is 0 Å². The molecule has 0 aromatic heterocycles. The number of amides is 1. The van der Waals surface area contributed by atoms with Gasteiger partial charge in [-0.2, -0.15) is 0 Å². The molecule has 0 bridgehead atoms. The molecule has 2 fully saturated rings. The Bertz CT molecular complexity index is 1160. The number of piperidine rings is 1. The number of carbonyl (C=O) groups is 2. The van der Waals surface area contributed by atoms with Crippen molar-refractivity contribution in [1.29, 1.82) is 0 Å². The highest BCUT2D eigenvalue weighted by Crippen LogP contribution is 2.29. The highest BCUT2D eigenvalue weighted by Gasteiger charge is 2.31. The average Bonchev–Trinajstić information content (AvgIpc) is 2.94. The number of benzene rings is 2. The zero-order chi connectivity index (χ0) is 27.0. The lowest BCUT2D eigenvalue weighted by molar-refractivity contribution is -0.143. The maximum atomic E-state index is 12.8. The minimum atomic E-state index is -3.72. The first-order valence-electron chi connectivity index (χ1n) is 13.6. The molecule has 3 N–H and O–H groups in total. The predicted octanol–water partition coefficient (Wildman–Crippen LogP) is 3.92. The van der Waals surface area contributed by atoms with Gasteiger partial charge >= 0.3 is 5.97 Å². The quantitative estimate of drug-likeness (QED) is 0.369. The van der Waals surface area contributed by atoms with E-state index in [4.69, 9.17) is 4.74 Å². The van der Waals surface area contributed by atoms with Crippen LogP contribution in [0.2, 0.25) is 0 Å². The van der Waals surface area contributed by atoms with Crippen molar-refractivity contribution in [3.05, 3.63) is 71.3 Å². The van der Waals surface area contributed by atoms with E-state index in [0.717, 1.165) is 51.6 Å². The molecule has 0 spiro atoms. The Hall–Kier alpha value is -2.46. The molecule has 10 heteroatoms. The molecule has 1 heterocycles. The molecular weight excluding hydrogens is 538 g/mol. The third-order valence-electron chi connectivity index (χ3n) is 7.74. The molecule has 1 aliphatic carbocycles. The fraction of sp³-hybridized carbons (Fsp3) is 0.517. The third-order valence-corrected chi connectivity index (χ3v) is 9.10. The third kappa shape index (κ3) is 9.31. The van der Waals surface area contributed by atoms with E-state index >= 15 is 0 Å². The van der Waals surface area contributed by atoms with Crippen LogP contribution in [0.5, 0.6) is 0 Å². The monoisotopic (exact) mass is 577 g/mol. The van der Waals surface area contributed by atoms with Crippen molar-refractivity contribution in [3.63, 3.8) is 0 Å². The molecule has 2 aromatic rings. The fourth-order valence-electron chi connectivity index (χ4n) is 5.59. The average molecular weight is 578 g/mol. The van der Waals surface area contributed by atoms with Crippen LogP contribution in [-0.2, 0) is 25.3 Å². The molecular formula is C29H40ClN3O5S. The molecule has 1 aliphatic heterocycles. The van der Waals surface area contributed by atoms with Crippen LogP contribution in [0.1, 0.15) is 72.3 Å². The Kier molecular flexibility index (Phi) is 11.8. The summed E-state index contributed by atoms with van der Waals surface area (Å²) in [6.45, 7) is 2.07. The summed E-state index contributed by atoms with van der Waals surface area (Å²) in [5.41, 5.74) is 2.62. The lowest BCUT2D eigenvalue weighted by Gasteiger charge is -2.31. The molecule has 2 aromatic carbocycles. The van der Waals surface area contributed by atoms with E-state index in [1.807, 2.05) is 18.2 Å². The number of hydrogen-bond donors (Lipinski definition) is 3. The summed E-state index contributed by atoms with van der Waals surface area (Å²) >= 11 is 0. The molecule has 4 rings (SSSR count). The van der Waals surface area contributed by atoms with Gasteiger partial charge in [0, 0.05) is 11.6 Å². The van der Waals surface area contributed by atoms with Gasteiger partial charge in [-0.25, -0.2) is 13.1 Å². The molecule has 1 unspecified atom stereocenters. The molecule has 1 saturated carbocycles. The first kappa shape index (κ1) is 31.1. The fourth-order valence-corrected chi connectivity index (χ4v) is 6.93. The van der Waals surface area contributed by atoms with Gasteiger partial charge in [0.05, 0.1) is 12.9 Å². The Morgan fingerprint density at radius 3 is 2.21 bits per heavy atom. The zero-order valence-electron chi connectivity index (χ0n) is 22.4. The van der Waals surface area contributed by atoms with Crippen LogP contribution >= 0.6 is 12.4 Å². The van der Waals surface area contributed by atoms with Crippen LogP contribution in [0.4, 0.5) is 0 Å². The van der Waals surface area contributed by atoms with Gasteiger partial charge < -0.3 is 15.4 Å². The Balaban J connectivity index is 0.00000420. The Labute approximate surface area is 238 Å². The Morgan fingerprint density at radius 1 is 0.949 bits per heavy atom. The van der Waals surface area contributed by atoms with E-state index in [1.54, 1.807) is 24.3 Å². The van der Waals surface area contributed by atoms with Gasteiger partial charge in [-0.15, -0.1) is 12.4 Å². The second kappa shape index (κ2) is 14.8. The Morgan fingerprint density at radius 2 is 1.59 bits per heavy atom. The van der Waals surface area contributed by atoms with Gasteiger partial charge in [0.25, 0.3) is 5.91 Å². The van der Waals surface area contributed by atoms with Crippen molar-refractivity contribution in [2.24, 2.45) is 5.92 Å². The minimum Gasteiger partial charge on any atom is -0.468 e.